The maximum absolute atomic E-state index is 13.0. The fourth-order valence-corrected chi connectivity index (χ4v) is 4.19. The van der Waals surface area contributed by atoms with Gasteiger partial charge in [-0.1, -0.05) is 24.3 Å². The number of benzene rings is 1. The van der Waals surface area contributed by atoms with Crippen LogP contribution in [0.2, 0.25) is 0 Å². The lowest BCUT2D eigenvalue weighted by molar-refractivity contribution is -0.0261. The van der Waals surface area contributed by atoms with E-state index < -0.39 is 6.10 Å². The maximum atomic E-state index is 13.0. The van der Waals surface area contributed by atoms with Gasteiger partial charge in [-0.25, -0.2) is 4.98 Å². The van der Waals surface area contributed by atoms with Gasteiger partial charge in [-0.15, -0.1) is 0 Å². The second kappa shape index (κ2) is 8.80. The smallest absolute Gasteiger partial charge is 0.270 e. The molecule has 1 amide bonds. The minimum absolute atomic E-state index is 0.221. The zero-order chi connectivity index (χ0) is 22.9. The Hall–Kier alpha value is -3.49. The molecule has 1 fully saturated rings. The second-order valence-electron chi connectivity index (χ2n) is 8.53. The van der Waals surface area contributed by atoms with Crippen LogP contribution in [0.25, 0.3) is 22.2 Å². The van der Waals surface area contributed by atoms with Gasteiger partial charge in [-0.3, -0.25) is 9.48 Å². The first-order chi connectivity index (χ1) is 16.0. The van der Waals surface area contributed by atoms with Crippen LogP contribution in [0.1, 0.15) is 33.8 Å². The Bertz CT molecular complexity index is 1290. The lowest BCUT2D eigenvalue weighted by atomic mass is 10.0. The number of aliphatic hydroxyl groups excluding tert-OH is 1. The van der Waals surface area contributed by atoms with Crippen molar-refractivity contribution in [2.24, 2.45) is 7.05 Å². The van der Waals surface area contributed by atoms with E-state index in [4.69, 9.17) is 9.15 Å². The number of aliphatic hydroxyl groups is 1. The van der Waals surface area contributed by atoms with Crippen molar-refractivity contribution in [2.75, 3.05) is 13.2 Å². The highest BCUT2D eigenvalue weighted by molar-refractivity contribution is 5.95. The number of hydrogen-bond acceptors (Lipinski definition) is 6. The topological polar surface area (TPSA) is 102 Å². The summed E-state index contributed by atoms with van der Waals surface area (Å²) in [6.07, 6.45) is 4.26. The van der Waals surface area contributed by atoms with Crippen molar-refractivity contribution in [1.29, 1.82) is 0 Å². The molecule has 0 spiro atoms. The van der Waals surface area contributed by atoms with Gasteiger partial charge in [0.2, 0.25) is 0 Å². The van der Waals surface area contributed by atoms with Crippen LogP contribution < -0.4 is 5.32 Å². The summed E-state index contributed by atoms with van der Waals surface area (Å²) in [5.41, 5.74) is 5.78. The number of nitrogens with zero attached hydrogens (tertiary/aromatic N) is 3. The number of carbonyl (C=O) groups is 1. The molecule has 4 aromatic rings. The third-order valence-corrected chi connectivity index (χ3v) is 5.94. The van der Waals surface area contributed by atoms with Crippen molar-refractivity contribution in [3.8, 4) is 11.1 Å². The van der Waals surface area contributed by atoms with E-state index in [-0.39, 0.29) is 18.6 Å². The van der Waals surface area contributed by atoms with E-state index in [0.717, 1.165) is 28.0 Å². The van der Waals surface area contributed by atoms with E-state index >= 15 is 0 Å². The standard InChI is InChI=1S/C25H26N4O4/c1-15-9-21-24(33-15)18(10-16-3-5-17(6-4-16)19-12-26-29(2)13-19)11-22(27-21)25(31)28-20-7-8-32-14-23(20)30/h3-6,9,11-13,20,23,30H,7-8,10,14H2,1-2H3,(H,28,31)/t20-,23-/m0/s1. The molecular formula is C25H26N4O4. The highest BCUT2D eigenvalue weighted by Gasteiger charge is 2.26. The van der Waals surface area contributed by atoms with Crippen LogP contribution in [-0.4, -0.2) is 51.1 Å². The second-order valence-corrected chi connectivity index (χ2v) is 8.53. The highest BCUT2D eigenvalue weighted by Crippen LogP contribution is 2.26. The fourth-order valence-electron chi connectivity index (χ4n) is 4.19. The Morgan fingerprint density at radius 2 is 2.06 bits per heavy atom. The van der Waals surface area contributed by atoms with Crippen molar-refractivity contribution in [2.45, 2.75) is 31.9 Å². The van der Waals surface area contributed by atoms with Crippen LogP contribution in [0.4, 0.5) is 0 Å². The molecule has 1 saturated heterocycles. The van der Waals surface area contributed by atoms with Gasteiger partial charge >= 0.3 is 0 Å². The Morgan fingerprint density at radius 1 is 1.24 bits per heavy atom. The van der Waals surface area contributed by atoms with E-state index in [1.807, 2.05) is 32.4 Å². The molecule has 33 heavy (non-hydrogen) atoms. The van der Waals surface area contributed by atoms with Gasteiger partial charge in [0.1, 0.15) is 17.0 Å². The Balaban J connectivity index is 1.41. The van der Waals surface area contributed by atoms with Crippen LogP contribution in [0.3, 0.4) is 0 Å². The molecule has 2 N–H and O–H groups in total. The van der Waals surface area contributed by atoms with Gasteiger partial charge in [0.15, 0.2) is 5.58 Å². The minimum atomic E-state index is -0.722. The molecule has 3 aromatic heterocycles. The van der Waals surface area contributed by atoms with Crippen LogP contribution in [-0.2, 0) is 18.2 Å². The van der Waals surface area contributed by atoms with Crippen molar-refractivity contribution >= 4 is 17.0 Å². The molecule has 1 aliphatic rings. The summed E-state index contributed by atoms with van der Waals surface area (Å²) < 4.78 is 12.9. The largest absolute Gasteiger partial charge is 0.459 e. The van der Waals surface area contributed by atoms with Gasteiger partial charge < -0.3 is 19.6 Å². The summed E-state index contributed by atoms with van der Waals surface area (Å²) >= 11 is 0. The lowest BCUT2D eigenvalue weighted by Gasteiger charge is -2.28. The van der Waals surface area contributed by atoms with Gasteiger partial charge in [-0.05, 0) is 30.5 Å². The van der Waals surface area contributed by atoms with Crippen LogP contribution >= 0.6 is 0 Å². The van der Waals surface area contributed by atoms with Gasteiger partial charge in [0, 0.05) is 43.5 Å². The van der Waals surface area contributed by atoms with Crippen LogP contribution in [0.15, 0.2) is 53.2 Å². The molecule has 2 atom stereocenters. The first kappa shape index (κ1) is 21.4. The van der Waals surface area contributed by atoms with E-state index in [0.29, 0.717) is 36.2 Å². The Kier molecular flexibility index (Phi) is 5.70. The summed E-state index contributed by atoms with van der Waals surface area (Å²) in [6, 6.07) is 11.5. The number of aromatic nitrogens is 3. The number of amides is 1. The van der Waals surface area contributed by atoms with Crippen LogP contribution in [0.5, 0.6) is 0 Å². The number of pyridine rings is 1. The average Bonchev–Trinajstić information content (AvgIpc) is 3.40. The lowest BCUT2D eigenvalue weighted by Crippen LogP contribution is -2.48. The summed E-state index contributed by atoms with van der Waals surface area (Å²) in [6.45, 7) is 2.60. The Morgan fingerprint density at radius 3 is 2.79 bits per heavy atom. The number of ether oxygens (including phenoxy) is 1. The number of furan rings is 1. The summed E-state index contributed by atoms with van der Waals surface area (Å²) in [5.74, 6) is 0.429. The van der Waals surface area contributed by atoms with E-state index in [1.54, 1.807) is 10.7 Å². The molecule has 1 aromatic carbocycles. The summed E-state index contributed by atoms with van der Waals surface area (Å²) in [5, 5.41) is 17.2. The number of rotatable bonds is 5. The van der Waals surface area contributed by atoms with Crippen molar-refractivity contribution in [1.82, 2.24) is 20.1 Å². The maximum Gasteiger partial charge on any atom is 0.270 e. The molecule has 8 heteroatoms. The summed E-state index contributed by atoms with van der Waals surface area (Å²) in [7, 11) is 1.90. The first-order valence-corrected chi connectivity index (χ1v) is 11.0. The molecule has 0 bridgehead atoms. The monoisotopic (exact) mass is 446 g/mol. The molecule has 0 unspecified atom stereocenters. The van der Waals surface area contributed by atoms with Crippen molar-refractivity contribution in [3.63, 3.8) is 0 Å². The third-order valence-electron chi connectivity index (χ3n) is 5.94. The summed E-state index contributed by atoms with van der Waals surface area (Å²) in [4.78, 5) is 17.5. The van der Waals surface area contributed by atoms with Gasteiger partial charge in [0.25, 0.3) is 5.91 Å². The first-order valence-electron chi connectivity index (χ1n) is 11.0. The zero-order valence-electron chi connectivity index (χ0n) is 18.6. The van der Waals surface area contributed by atoms with Crippen molar-refractivity contribution < 1.29 is 19.1 Å². The van der Waals surface area contributed by atoms with E-state index in [9.17, 15) is 9.90 Å². The Labute approximate surface area is 191 Å². The molecular weight excluding hydrogens is 420 g/mol. The quantitative estimate of drug-likeness (QED) is 0.489. The molecule has 8 nitrogen and oxygen atoms in total. The van der Waals surface area contributed by atoms with E-state index in [2.05, 4.69) is 39.7 Å². The fraction of sp³-hybridized carbons (Fsp3) is 0.320. The molecule has 0 radical (unpaired) electrons. The number of hydrogen-bond donors (Lipinski definition) is 2. The van der Waals surface area contributed by atoms with Gasteiger partial charge in [-0.2, -0.15) is 5.10 Å². The molecule has 0 saturated carbocycles. The average molecular weight is 447 g/mol. The third kappa shape index (κ3) is 4.53. The molecule has 4 heterocycles. The molecule has 0 aliphatic carbocycles. The van der Waals surface area contributed by atoms with Gasteiger partial charge in [0.05, 0.1) is 24.9 Å². The minimum Gasteiger partial charge on any atom is -0.459 e. The normalized spacial score (nSPS) is 18.5. The molecule has 1 aliphatic heterocycles. The number of carbonyl (C=O) groups excluding carboxylic acids is 1. The molecule has 5 rings (SSSR count). The van der Waals surface area contributed by atoms with Crippen molar-refractivity contribution in [3.05, 3.63) is 71.4 Å². The highest BCUT2D eigenvalue weighted by atomic mass is 16.5. The molecule has 170 valence electrons. The van der Waals surface area contributed by atoms with E-state index in [1.165, 1.54) is 0 Å². The zero-order valence-corrected chi connectivity index (χ0v) is 18.6. The van der Waals surface area contributed by atoms with Crippen LogP contribution in [0, 0.1) is 6.92 Å². The number of nitrogens with one attached hydrogen (secondary N) is 1. The number of fused-ring (bicyclic) bond motifs is 1. The predicted molar refractivity (Wildman–Crippen MR) is 123 cm³/mol. The SMILES string of the molecule is Cc1cc2nc(C(=O)N[C@H]3CCOC[C@@H]3O)cc(Cc3ccc(-c4cnn(C)c4)cc3)c2o1. The number of aryl methyl sites for hydroxylation is 2. The predicted octanol–water partition coefficient (Wildman–Crippen LogP) is 3.01.